The summed E-state index contributed by atoms with van der Waals surface area (Å²) >= 11 is 0. The molecule has 0 amide bonds. The average molecular weight is 253 g/mol. The van der Waals surface area contributed by atoms with Crippen LogP contribution in [0, 0.1) is 6.92 Å². The van der Waals surface area contributed by atoms with Crippen LogP contribution in [0.2, 0.25) is 0 Å². The first-order valence-electron chi connectivity index (χ1n) is 5.80. The topological polar surface area (TPSA) is 67.5 Å². The van der Waals surface area contributed by atoms with Crippen molar-refractivity contribution in [3.05, 3.63) is 54.1 Å². The molecule has 0 aliphatic carbocycles. The molecule has 19 heavy (non-hydrogen) atoms. The summed E-state index contributed by atoms with van der Waals surface area (Å²) in [7, 11) is 0. The number of carbonyl (C=O) groups is 1. The summed E-state index contributed by atoms with van der Waals surface area (Å²) in [5.74, 6) is -1.00. The first-order chi connectivity index (χ1) is 9.16. The van der Waals surface area contributed by atoms with Gasteiger partial charge in [-0.15, -0.1) is 0 Å². The van der Waals surface area contributed by atoms with Gasteiger partial charge in [-0.1, -0.05) is 30.3 Å². The molecule has 1 N–H and O–H groups in total. The van der Waals surface area contributed by atoms with Gasteiger partial charge in [0.15, 0.2) is 5.69 Å². The second kappa shape index (κ2) is 4.20. The quantitative estimate of drug-likeness (QED) is 0.761. The molecule has 0 radical (unpaired) electrons. The first-order valence-corrected chi connectivity index (χ1v) is 5.80. The number of nitrogens with zero attached hydrogens (tertiary/aromatic N) is 3. The van der Waals surface area contributed by atoms with E-state index in [-0.39, 0.29) is 5.69 Å². The van der Waals surface area contributed by atoms with Crippen LogP contribution >= 0.6 is 0 Å². The van der Waals surface area contributed by atoms with E-state index in [0.29, 0.717) is 11.3 Å². The van der Waals surface area contributed by atoms with Gasteiger partial charge < -0.3 is 5.11 Å². The molecule has 5 nitrogen and oxygen atoms in total. The van der Waals surface area contributed by atoms with Crippen molar-refractivity contribution >= 4 is 11.6 Å². The van der Waals surface area contributed by atoms with Crippen molar-refractivity contribution in [2.75, 3.05) is 0 Å². The van der Waals surface area contributed by atoms with Gasteiger partial charge in [0.1, 0.15) is 12.0 Å². The van der Waals surface area contributed by atoms with Crippen molar-refractivity contribution in [3.63, 3.8) is 0 Å². The molecule has 0 saturated heterocycles. The van der Waals surface area contributed by atoms with Crippen molar-refractivity contribution in [2.45, 2.75) is 6.92 Å². The molecule has 0 saturated carbocycles. The van der Waals surface area contributed by atoms with Gasteiger partial charge in [-0.25, -0.2) is 14.8 Å². The molecule has 0 fully saturated rings. The maximum atomic E-state index is 11.2. The van der Waals surface area contributed by atoms with Crippen LogP contribution in [-0.4, -0.2) is 25.4 Å². The van der Waals surface area contributed by atoms with E-state index >= 15 is 0 Å². The Kier molecular flexibility index (Phi) is 2.52. The van der Waals surface area contributed by atoms with Gasteiger partial charge in [-0.3, -0.25) is 4.40 Å². The van der Waals surface area contributed by atoms with Crippen LogP contribution in [0.1, 0.15) is 16.2 Å². The zero-order chi connectivity index (χ0) is 13.4. The number of rotatable bonds is 2. The smallest absolute Gasteiger partial charge is 0.354 e. The highest BCUT2D eigenvalue weighted by molar-refractivity contribution is 5.88. The molecule has 5 heteroatoms. The largest absolute Gasteiger partial charge is 0.477 e. The maximum Gasteiger partial charge on any atom is 0.354 e. The Balaban J connectivity index is 2.21. The van der Waals surface area contributed by atoms with Gasteiger partial charge in [-0.2, -0.15) is 0 Å². The minimum absolute atomic E-state index is 0.155. The van der Waals surface area contributed by atoms with Crippen LogP contribution in [0.15, 0.2) is 42.7 Å². The van der Waals surface area contributed by atoms with Gasteiger partial charge in [0.25, 0.3) is 0 Å². The van der Waals surface area contributed by atoms with Crippen LogP contribution < -0.4 is 0 Å². The molecule has 0 spiro atoms. The SMILES string of the molecule is Cc1nc2cc(-c3ccccc3)ncn2c1C(=O)O. The Hall–Kier alpha value is -2.69. The number of hydrogen-bond donors (Lipinski definition) is 1. The third-order valence-electron chi connectivity index (χ3n) is 2.96. The summed E-state index contributed by atoms with van der Waals surface area (Å²) in [5.41, 5.74) is 2.97. The molecule has 3 aromatic rings. The predicted molar refractivity (Wildman–Crippen MR) is 70.1 cm³/mol. The monoisotopic (exact) mass is 253 g/mol. The number of benzene rings is 1. The minimum atomic E-state index is -1.00. The Morgan fingerprint density at radius 2 is 2.00 bits per heavy atom. The maximum absolute atomic E-state index is 11.2. The zero-order valence-electron chi connectivity index (χ0n) is 10.2. The third kappa shape index (κ3) is 1.85. The van der Waals surface area contributed by atoms with Gasteiger partial charge in [0.2, 0.25) is 0 Å². The molecule has 2 aromatic heterocycles. The Bertz CT molecular complexity index is 763. The number of aromatic nitrogens is 3. The third-order valence-corrected chi connectivity index (χ3v) is 2.96. The number of hydrogen-bond acceptors (Lipinski definition) is 3. The molecule has 0 bridgehead atoms. The molecular formula is C14H11N3O2. The Morgan fingerprint density at radius 1 is 1.26 bits per heavy atom. The van der Waals surface area contributed by atoms with Gasteiger partial charge in [0, 0.05) is 11.6 Å². The van der Waals surface area contributed by atoms with E-state index in [1.807, 2.05) is 30.3 Å². The molecule has 0 unspecified atom stereocenters. The second-order valence-corrected chi connectivity index (χ2v) is 4.22. The second-order valence-electron chi connectivity index (χ2n) is 4.22. The standard InChI is InChI=1S/C14H11N3O2/c1-9-13(14(18)19)17-8-15-11(7-12(17)16-9)10-5-3-2-4-6-10/h2-8H,1H3,(H,18,19). The lowest BCUT2D eigenvalue weighted by Gasteiger charge is -2.01. The molecule has 94 valence electrons. The highest BCUT2D eigenvalue weighted by atomic mass is 16.4. The molecule has 0 aliphatic rings. The van der Waals surface area contributed by atoms with E-state index in [9.17, 15) is 4.79 Å². The number of fused-ring (bicyclic) bond motifs is 1. The minimum Gasteiger partial charge on any atom is -0.477 e. The van der Waals surface area contributed by atoms with E-state index < -0.39 is 5.97 Å². The summed E-state index contributed by atoms with van der Waals surface area (Å²) in [6, 6.07) is 11.5. The lowest BCUT2D eigenvalue weighted by Crippen LogP contribution is -2.04. The number of aryl methyl sites for hydroxylation is 1. The zero-order valence-corrected chi connectivity index (χ0v) is 10.2. The van der Waals surface area contributed by atoms with Crippen LogP contribution in [0.4, 0.5) is 0 Å². The van der Waals surface area contributed by atoms with E-state index in [2.05, 4.69) is 9.97 Å². The lowest BCUT2D eigenvalue weighted by molar-refractivity contribution is 0.0688. The van der Waals surface area contributed by atoms with Crippen molar-refractivity contribution < 1.29 is 9.90 Å². The highest BCUT2D eigenvalue weighted by Crippen LogP contribution is 2.19. The van der Waals surface area contributed by atoms with Gasteiger partial charge >= 0.3 is 5.97 Å². The molecule has 0 aliphatic heterocycles. The normalized spacial score (nSPS) is 10.8. The first kappa shape index (κ1) is 11.4. The van der Waals surface area contributed by atoms with Crippen LogP contribution in [-0.2, 0) is 0 Å². The van der Waals surface area contributed by atoms with Crippen molar-refractivity contribution in [2.24, 2.45) is 0 Å². The molecular weight excluding hydrogens is 242 g/mol. The Labute approximate surface area is 109 Å². The molecule has 3 rings (SSSR count). The van der Waals surface area contributed by atoms with Crippen LogP contribution in [0.3, 0.4) is 0 Å². The fourth-order valence-electron chi connectivity index (χ4n) is 2.09. The predicted octanol–water partition coefficient (Wildman–Crippen LogP) is 2.40. The van der Waals surface area contributed by atoms with Crippen molar-refractivity contribution in [3.8, 4) is 11.3 Å². The summed E-state index contributed by atoms with van der Waals surface area (Å²) in [6.07, 6.45) is 1.50. The van der Waals surface area contributed by atoms with E-state index in [0.717, 1.165) is 11.3 Å². The Morgan fingerprint density at radius 3 is 2.68 bits per heavy atom. The fraction of sp³-hybridized carbons (Fsp3) is 0.0714. The molecule has 1 aromatic carbocycles. The van der Waals surface area contributed by atoms with Crippen LogP contribution in [0.25, 0.3) is 16.9 Å². The fourth-order valence-corrected chi connectivity index (χ4v) is 2.09. The molecule has 2 heterocycles. The number of carboxylic acid groups (broad SMARTS) is 1. The number of imidazole rings is 1. The average Bonchev–Trinajstić information content (AvgIpc) is 2.74. The summed E-state index contributed by atoms with van der Waals surface area (Å²) in [6.45, 7) is 1.68. The van der Waals surface area contributed by atoms with E-state index in [1.54, 1.807) is 13.0 Å². The molecule has 0 atom stereocenters. The number of carboxylic acids is 1. The van der Waals surface area contributed by atoms with Gasteiger partial charge in [-0.05, 0) is 6.92 Å². The van der Waals surface area contributed by atoms with Crippen molar-refractivity contribution in [1.29, 1.82) is 0 Å². The summed E-state index contributed by atoms with van der Waals surface area (Å²) in [4.78, 5) is 19.7. The summed E-state index contributed by atoms with van der Waals surface area (Å²) in [5, 5.41) is 9.15. The highest BCUT2D eigenvalue weighted by Gasteiger charge is 2.16. The van der Waals surface area contributed by atoms with Gasteiger partial charge in [0.05, 0.1) is 11.4 Å². The van der Waals surface area contributed by atoms with Crippen LogP contribution in [0.5, 0.6) is 0 Å². The lowest BCUT2D eigenvalue weighted by atomic mass is 10.1. The van der Waals surface area contributed by atoms with E-state index in [1.165, 1.54) is 10.7 Å². The number of aromatic carboxylic acids is 1. The van der Waals surface area contributed by atoms with Crippen molar-refractivity contribution in [1.82, 2.24) is 14.4 Å². The summed E-state index contributed by atoms with van der Waals surface area (Å²) < 4.78 is 1.49. The van der Waals surface area contributed by atoms with E-state index in [4.69, 9.17) is 5.11 Å².